The van der Waals surface area contributed by atoms with Crippen LogP contribution in [0.1, 0.15) is 30.9 Å². The molecule has 2 aromatic rings. The van der Waals surface area contributed by atoms with Crippen molar-refractivity contribution in [1.29, 1.82) is 0 Å². The normalized spacial score (nSPS) is 13.9. The highest BCUT2D eigenvalue weighted by molar-refractivity contribution is 7.99. The van der Waals surface area contributed by atoms with Crippen molar-refractivity contribution in [2.45, 2.75) is 36.2 Å². The molecule has 0 aliphatic carbocycles. The average molecular weight is 284 g/mol. The van der Waals surface area contributed by atoms with Crippen LogP contribution in [-0.4, -0.2) is 12.1 Å². The van der Waals surface area contributed by atoms with E-state index < -0.39 is 7.12 Å². The summed E-state index contributed by atoms with van der Waals surface area (Å²) in [5, 5.41) is 9.74. The molecule has 2 nitrogen and oxygen atoms in total. The Morgan fingerprint density at radius 3 is 2.50 bits per heavy atom. The van der Waals surface area contributed by atoms with Crippen LogP contribution in [0, 0.1) is 0 Å². The van der Waals surface area contributed by atoms with Gasteiger partial charge in [0.1, 0.15) is 0 Å². The third kappa shape index (κ3) is 2.78. The maximum Gasteiger partial charge on any atom is 0.491 e. The van der Waals surface area contributed by atoms with E-state index in [1.54, 1.807) is 11.8 Å². The second kappa shape index (κ2) is 5.64. The number of hydrogen-bond acceptors (Lipinski definition) is 3. The molecule has 0 saturated carbocycles. The summed E-state index contributed by atoms with van der Waals surface area (Å²) < 4.78 is 5.22. The Balaban J connectivity index is 1.79. The molecule has 1 aliphatic rings. The van der Waals surface area contributed by atoms with Crippen molar-refractivity contribution in [2.24, 2.45) is 0 Å². The summed E-state index contributed by atoms with van der Waals surface area (Å²) in [6.45, 7) is 4.90. The van der Waals surface area contributed by atoms with Gasteiger partial charge in [-0.3, -0.25) is 0 Å². The van der Waals surface area contributed by atoms with Gasteiger partial charge < -0.3 is 9.68 Å². The second-order valence-electron chi connectivity index (χ2n) is 5.35. The minimum Gasteiger partial charge on any atom is -0.423 e. The molecular weight excluding hydrogens is 267 g/mol. The van der Waals surface area contributed by atoms with Gasteiger partial charge in [0.2, 0.25) is 0 Å². The van der Waals surface area contributed by atoms with E-state index in [0.717, 1.165) is 15.9 Å². The quantitative estimate of drug-likeness (QED) is 0.878. The zero-order valence-electron chi connectivity index (χ0n) is 11.7. The molecule has 0 amide bonds. The van der Waals surface area contributed by atoms with E-state index >= 15 is 0 Å². The molecule has 1 N–H and O–H groups in total. The Hall–Kier alpha value is -1.23. The van der Waals surface area contributed by atoms with Crippen LogP contribution in [-0.2, 0) is 11.3 Å². The van der Waals surface area contributed by atoms with E-state index in [0.29, 0.717) is 12.5 Å². The molecule has 0 radical (unpaired) electrons. The van der Waals surface area contributed by atoms with Gasteiger partial charge in [0.05, 0.1) is 6.61 Å². The molecule has 0 atom stereocenters. The molecule has 0 spiro atoms. The molecule has 1 heterocycles. The fourth-order valence-electron chi connectivity index (χ4n) is 2.31. The molecule has 1 aliphatic heterocycles. The average Bonchev–Trinajstić information content (AvgIpc) is 2.81. The van der Waals surface area contributed by atoms with Crippen LogP contribution < -0.4 is 5.46 Å². The van der Waals surface area contributed by atoms with Crippen LogP contribution in [0.4, 0.5) is 0 Å². The first-order valence-corrected chi connectivity index (χ1v) is 7.65. The van der Waals surface area contributed by atoms with Crippen molar-refractivity contribution in [3.8, 4) is 0 Å². The lowest BCUT2D eigenvalue weighted by molar-refractivity contribution is 0.275. The van der Waals surface area contributed by atoms with Crippen molar-refractivity contribution in [1.82, 2.24) is 0 Å². The third-order valence-electron chi connectivity index (χ3n) is 3.56. The maximum absolute atomic E-state index is 9.74. The topological polar surface area (TPSA) is 29.5 Å². The highest BCUT2D eigenvalue weighted by Crippen LogP contribution is 2.29. The number of rotatable bonds is 3. The Morgan fingerprint density at radius 1 is 1.10 bits per heavy atom. The van der Waals surface area contributed by atoms with E-state index in [-0.39, 0.29) is 0 Å². The van der Waals surface area contributed by atoms with Crippen LogP contribution in [0.3, 0.4) is 0 Å². The van der Waals surface area contributed by atoms with E-state index in [4.69, 9.17) is 4.65 Å². The van der Waals surface area contributed by atoms with Crippen molar-refractivity contribution in [3.05, 3.63) is 53.6 Å². The summed E-state index contributed by atoms with van der Waals surface area (Å²) in [5.74, 6) is 0.557. The Bertz CT molecular complexity index is 610. The van der Waals surface area contributed by atoms with Crippen molar-refractivity contribution in [2.75, 3.05) is 0 Å². The fraction of sp³-hybridized carbons (Fsp3) is 0.250. The number of benzene rings is 2. The predicted molar refractivity (Wildman–Crippen MR) is 83.5 cm³/mol. The predicted octanol–water partition coefficient (Wildman–Crippen LogP) is 3.18. The lowest BCUT2D eigenvalue weighted by Crippen LogP contribution is -2.27. The summed E-state index contributed by atoms with van der Waals surface area (Å²) in [6, 6.07) is 14.8. The Morgan fingerprint density at radius 2 is 1.80 bits per heavy atom. The van der Waals surface area contributed by atoms with E-state index in [2.05, 4.69) is 44.2 Å². The Labute approximate surface area is 124 Å². The molecular formula is C16H17BO2S. The third-order valence-corrected chi connectivity index (χ3v) is 4.56. The van der Waals surface area contributed by atoms with Gasteiger partial charge in [-0.15, -0.1) is 0 Å². The van der Waals surface area contributed by atoms with E-state index in [1.807, 2.05) is 12.1 Å². The summed E-state index contributed by atoms with van der Waals surface area (Å²) in [6.07, 6.45) is 0. The largest absolute Gasteiger partial charge is 0.491 e. The SMILES string of the molecule is CC(C)c1ccc(Sc2ccc3c(c2)B(O)OC3)cc1. The highest BCUT2D eigenvalue weighted by atomic mass is 32.2. The first-order valence-electron chi connectivity index (χ1n) is 6.84. The van der Waals surface area contributed by atoms with Crippen LogP contribution in [0.5, 0.6) is 0 Å². The van der Waals surface area contributed by atoms with Crippen molar-refractivity contribution in [3.63, 3.8) is 0 Å². The van der Waals surface area contributed by atoms with Gasteiger partial charge >= 0.3 is 7.12 Å². The number of fused-ring (bicyclic) bond motifs is 1. The highest BCUT2D eigenvalue weighted by Gasteiger charge is 2.27. The molecule has 0 aromatic heterocycles. The first-order chi connectivity index (χ1) is 9.63. The zero-order chi connectivity index (χ0) is 14.1. The molecule has 20 heavy (non-hydrogen) atoms. The summed E-state index contributed by atoms with van der Waals surface area (Å²) in [7, 11) is -0.770. The Kier molecular flexibility index (Phi) is 3.88. The second-order valence-corrected chi connectivity index (χ2v) is 6.50. The summed E-state index contributed by atoms with van der Waals surface area (Å²) in [5.41, 5.74) is 3.33. The molecule has 4 heteroatoms. The van der Waals surface area contributed by atoms with Crippen LogP contribution >= 0.6 is 11.8 Å². The molecule has 0 unspecified atom stereocenters. The summed E-state index contributed by atoms with van der Waals surface area (Å²) in [4.78, 5) is 2.34. The van der Waals surface area contributed by atoms with Gasteiger partial charge in [-0.2, -0.15) is 0 Å². The van der Waals surface area contributed by atoms with Crippen molar-refractivity contribution >= 4 is 24.3 Å². The standard InChI is InChI=1S/C16H17BO2S/c1-11(2)12-3-6-14(7-4-12)20-15-8-5-13-10-19-17(18)16(13)9-15/h3-9,11,18H,10H2,1-2H3. The monoisotopic (exact) mass is 284 g/mol. The number of hydrogen-bond donors (Lipinski definition) is 1. The molecule has 3 rings (SSSR count). The van der Waals surface area contributed by atoms with E-state index in [1.165, 1.54) is 10.5 Å². The molecule has 102 valence electrons. The fourth-order valence-corrected chi connectivity index (χ4v) is 3.18. The molecule has 0 bridgehead atoms. The minimum atomic E-state index is -0.770. The molecule has 2 aromatic carbocycles. The van der Waals surface area contributed by atoms with Gasteiger partial charge in [-0.05, 0) is 46.8 Å². The lowest BCUT2D eigenvalue weighted by Gasteiger charge is -2.07. The zero-order valence-corrected chi connectivity index (χ0v) is 12.5. The van der Waals surface area contributed by atoms with Gasteiger partial charge in [0.15, 0.2) is 0 Å². The van der Waals surface area contributed by atoms with Crippen LogP contribution in [0.15, 0.2) is 52.3 Å². The first kappa shape index (κ1) is 13.7. The van der Waals surface area contributed by atoms with Gasteiger partial charge in [-0.1, -0.05) is 43.8 Å². The van der Waals surface area contributed by atoms with E-state index in [9.17, 15) is 5.02 Å². The van der Waals surface area contributed by atoms with Crippen LogP contribution in [0.2, 0.25) is 0 Å². The molecule has 0 fully saturated rings. The minimum absolute atomic E-state index is 0.504. The lowest BCUT2D eigenvalue weighted by atomic mass is 9.80. The van der Waals surface area contributed by atoms with Gasteiger partial charge in [0, 0.05) is 9.79 Å². The maximum atomic E-state index is 9.74. The summed E-state index contributed by atoms with van der Waals surface area (Å²) >= 11 is 1.71. The van der Waals surface area contributed by atoms with Gasteiger partial charge in [-0.25, -0.2) is 0 Å². The van der Waals surface area contributed by atoms with Gasteiger partial charge in [0.25, 0.3) is 0 Å². The van der Waals surface area contributed by atoms with Crippen LogP contribution in [0.25, 0.3) is 0 Å². The molecule has 0 saturated heterocycles. The smallest absolute Gasteiger partial charge is 0.423 e. The van der Waals surface area contributed by atoms with Crippen molar-refractivity contribution < 1.29 is 9.68 Å².